The number of rotatable bonds is 6. The lowest BCUT2D eigenvalue weighted by Crippen LogP contribution is -2.44. The molecule has 0 aliphatic heterocycles. The molecule has 0 aromatic heterocycles. The van der Waals surface area contributed by atoms with Crippen molar-refractivity contribution < 1.29 is 48.0 Å². The third-order valence-corrected chi connectivity index (χ3v) is 8.31. The third-order valence-electron chi connectivity index (χ3n) is 2.40. The first kappa shape index (κ1) is 20.7. The van der Waals surface area contributed by atoms with Gasteiger partial charge in [-0.1, -0.05) is 6.42 Å². The van der Waals surface area contributed by atoms with Gasteiger partial charge in [-0.3, -0.25) is 0 Å². The summed E-state index contributed by atoms with van der Waals surface area (Å²) in [6, 6.07) is -0.211. The van der Waals surface area contributed by atoms with Crippen molar-refractivity contribution in [2.45, 2.75) is 41.0 Å². The molecule has 21 heavy (non-hydrogen) atoms. The van der Waals surface area contributed by atoms with Crippen molar-refractivity contribution in [2.24, 2.45) is 0 Å². The Balaban J connectivity index is 5.74. The van der Waals surface area contributed by atoms with Crippen molar-refractivity contribution in [3.63, 3.8) is 0 Å². The van der Waals surface area contributed by atoms with E-state index >= 15 is 0 Å². The zero-order chi connectivity index (χ0) is 17.3. The van der Waals surface area contributed by atoms with Crippen molar-refractivity contribution >= 4 is 28.7 Å². The molecule has 0 radical (unpaired) electrons. The summed E-state index contributed by atoms with van der Waals surface area (Å²) in [6.07, 6.45) is -1.97. The molecule has 0 fully saturated rings. The van der Waals surface area contributed by atoms with Crippen LogP contribution < -0.4 is 0 Å². The van der Waals surface area contributed by atoms with Gasteiger partial charge in [0.2, 0.25) is 0 Å². The minimum absolute atomic E-state index is 0.211. The van der Waals surface area contributed by atoms with E-state index in [0.29, 0.717) is 0 Å². The normalized spacial score (nSPS) is 16.2. The molecule has 0 aromatic carbocycles. The second-order valence-electron chi connectivity index (χ2n) is 4.19. The Morgan fingerprint density at radius 2 is 1.29 bits per heavy atom. The van der Waals surface area contributed by atoms with E-state index in [-0.39, 0.29) is 6.04 Å². The summed E-state index contributed by atoms with van der Waals surface area (Å²) in [7, 11) is -15.5. The van der Waals surface area contributed by atoms with Gasteiger partial charge in [-0.05, 0) is 19.0 Å². The topological polar surface area (TPSA) is 88.5 Å². The standard InChI is InChI=1S/C7H12F6O5S2Si/c1-21(18)4-2-3-5(19(14,15)6(8,9)10)20(16,17)7(11,12)13/h5,18,21H,2-4H2,1H3. The summed E-state index contributed by atoms with van der Waals surface area (Å²) in [5, 5.41) is 0. The monoisotopic (exact) mass is 382 g/mol. The minimum atomic E-state index is -6.55. The number of halogens is 6. The molecule has 14 heteroatoms. The van der Waals surface area contributed by atoms with E-state index in [4.69, 9.17) is 4.80 Å². The van der Waals surface area contributed by atoms with E-state index in [1.54, 1.807) is 0 Å². The van der Waals surface area contributed by atoms with Gasteiger partial charge in [-0.2, -0.15) is 26.3 Å². The van der Waals surface area contributed by atoms with Crippen molar-refractivity contribution in [3.8, 4) is 0 Å². The maximum atomic E-state index is 12.3. The molecule has 128 valence electrons. The van der Waals surface area contributed by atoms with E-state index in [9.17, 15) is 43.2 Å². The summed E-state index contributed by atoms with van der Waals surface area (Å²) < 4.78 is 115. The zero-order valence-electron chi connectivity index (χ0n) is 10.4. The molecule has 1 unspecified atom stereocenters. The molecule has 0 bridgehead atoms. The molecular formula is C7H12F6O5S2Si. The lowest BCUT2D eigenvalue weighted by Gasteiger charge is -2.21. The van der Waals surface area contributed by atoms with Gasteiger partial charge in [0.1, 0.15) is 0 Å². The van der Waals surface area contributed by atoms with Gasteiger partial charge in [0.25, 0.3) is 19.7 Å². The minimum Gasteiger partial charge on any atom is -0.435 e. The summed E-state index contributed by atoms with van der Waals surface area (Å²) >= 11 is 0. The Kier molecular flexibility index (Phi) is 6.31. The molecule has 0 saturated heterocycles. The lowest BCUT2D eigenvalue weighted by atomic mass is 10.4. The first-order valence-corrected chi connectivity index (χ1v) is 10.9. The maximum Gasteiger partial charge on any atom is 0.498 e. The van der Waals surface area contributed by atoms with E-state index in [2.05, 4.69) is 0 Å². The molecule has 0 rings (SSSR count). The highest BCUT2D eigenvalue weighted by atomic mass is 32.3. The average molecular weight is 382 g/mol. The molecule has 1 N–H and O–H groups in total. The molecule has 0 amide bonds. The Labute approximate surface area is 118 Å². The van der Waals surface area contributed by atoms with Gasteiger partial charge >= 0.3 is 11.0 Å². The fourth-order valence-corrected chi connectivity index (χ4v) is 5.72. The van der Waals surface area contributed by atoms with E-state index in [1.807, 2.05) is 0 Å². The van der Waals surface area contributed by atoms with Crippen molar-refractivity contribution in [2.75, 3.05) is 0 Å². The summed E-state index contributed by atoms with van der Waals surface area (Å²) in [5.74, 6) is 0. The van der Waals surface area contributed by atoms with E-state index < -0.39 is 57.2 Å². The first-order valence-electron chi connectivity index (χ1n) is 5.33. The van der Waals surface area contributed by atoms with E-state index in [0.717, 1.165) is 0 Å². The van der Waals surface area contributed by atoms with Crippen LogP contribution in [0.2, 0.25) is 12.6 Å². The smallest absolute Gasteiger partial charge is 0.435 e. The SMILES string of the molecule is C[SiH](O)CCCC(S(=O)(=O)C(F)(F)F)S(=O)(=O)C(F)(F)F. The Morgan fingerprint density at radius 1 is 0.952 bits per heavy atom. The van der Waals surface area contributed by atoms with Gasteiger partial charge in [0.05, 0.1) is 0 Å². The molecule has 0 aliphatic rings. The Morgan fingerprint density at radius 3 is 1.52 bits per heavy atom. The van der Waals surface area contributed by atoms with Crippen LogP contribution in [-0.2, 0) is 19.7 Å². The highest BCUT2D eigenvalue weighted by molar-refractivity contribution is 8.09. The molecule has 0 spiro atoms. The molecule has 5 nitrogen and oxygen atoms in total. The second kappa shape index (κ2) is 6.42. The fraction of sp³-hybridized carbons (Fsp3) is 1.00. The largest absolute Gasteiger partial charge is 0.498 e. The number of sulfone groups is 2. The molecule has 0 aromatic rings. The molecule has 0 aliphatic carbocycles. The van der Waals surface area contributed by atoms with Crippen molar-refractivity contribution in [1.29, 1.82) is 0 Å². The van der Waals surface area contributed by atoms with Crippen LogP contribution >= 0.6 is 0 Å². The highest BCUT2D eigenvalue weighted by Gasteiger charge is 2.62. The molecule has 0 heterocycles. The predicted molar refractivity (Wildman–Crippen MR) is 63.0 cm³/mol. The van der Waals surface area contributed by atoms with Gasteiger partial charge in [0, 0.05) is 0 Å². The van der Waals surface area contributed by atoms with Gasteiger partial charge in [0.15, 0.2) is 13.6 Å². The van der Waals surface area contributed by atoms with Gasteiger partial charge in [-0.25, -0.2) is 16.8 Å². The second-order valence-corrected chi connectivity index (χ2v) is 11.0. The number of alkyl halides is 6. The quantitative estimate of drug-likeness (QED) is 0.553. The van der Waals surface area contributed by atoms with Crippen molar-refractivity contribution in [3.05, 3.63) is 0 Å². The maximum absolute atomic E-state index is 12.3. The van der Waals surface area contributed by atoms with Crippen LogP contribution in [0, 0.1) is 0 Å². The molecule has 1 atom stereocenters. The fourth-order valence-electron chi connectivity index (χ4n) is 1.36. The zero-order valence-corrected chi connectivity index (χ0v) is 13.2. The Hall–Kier alpha value is -0.343. The average Bonchev–Trinajstić information content (AvgIpc) is 2.19. The number of hydrogen-bond donors (Lipinski definition) is 1. The van der Waals surface area contributed by atoms with Crippen LogP contribution in [0.4, 0.5) is 26.3 Å². The van der Waals surface area contributed by atoms with Crippen LogP contribution in [-0.4, -0.2) is 46.3 Å². The third kappa shape index (κ3) is 4.82. The summed E-state index contributed by atoms with van der Waals surface area (Å²) in [6.45, 7) is 1.30. The Bertz CT molecular complexity index is 505. The van der Waals surface area contributed by atoms with Gasteiger partial charge < -0.3 is 4.80 Å². The highest BCUT2D eigenvalue weighted by Crippen LogP contribution is 2.38. The summed E-state index contributed by atoms with van der Waals surface area (Å²) in [4.78, 5) is 8.99. The van der Waals surface area contributed by atoms with Crippen LogP contribution in [0.5, 0.6) is 0 Å². The van der Waals surface area contributed by atoms with Gasteiger partial charge in [-0.15, -0.1) is 0 Å². The van der Waals surface area contributed by atoms with E-state index in [1.165, 1.54) is 6.55 Å². The van der Waals surface area contributed by atoms with Crippen LogP contribution in [0.15, 0.2) is 0 Å². The predicted octanol–water partition coefficient (Wildman–Crippen LogP) is 1.31. The molecule has 0 saturated carbocycles. The van der Waals surface area contributed by atoms with Crippen LogP contribution in [0.3, 0.4) is 0 Å². The number of hydrogen-bond acceptors (Lipinski definition) is 5. The first-order chi connectivity index (χ1) is 9.05. The summed E-state index contributed by atoms with van der Waals surface area (Å²) in [5.41, 5.74) is -12.3. The van der Waals surface area contributed by atoms with Crippen LogP contribution in [0.25, 0.3) is 0 Å². The molecular weight excluding hydrogens is 370 g/mol. The lowest BCUT2D eigenvalue weighted by molar-refractivity contribution is -0.0472. The van der Waals surface area contributed by atoms with Crippen molar-refractivity contribution in [1.82, 2.24) is 0 Å². The van der Waals surface area contributed by atoms with Crippen LogP contribution in [0.1, 0.15) is 12.8 Å².